The van der Waals surface area contributed by atoms with E-state index in [-0.39, 0.29) is 0 Å². The normalized spacial score (nSPS) is 13.8. The number of benzene rings is 4. The summed E-state index contributed by atoms with van der Waals surface area (Å²) in [5, 5.41) is 0. The molecule has 1 aliphatic carbocycles. The first-order valence-corrected chi connectivity index (χ1v) is 21.2. The van der Waals surface area contributed by atoms with Gasteiger partial charge in [0.15, 0.2) is 0 Å². The minimum absolute atomic E-state index is 0.456. The van der Waals surface area contributed by atoms with Crippen LogP contribution >= 0.6 is 0 Å². The van der Waals surface area contributed by atoms with Crippen LogP contribution in [-0.2, 0) is 18.7 Å². The third-order valence-corrected chi connectivity index (χ3v) is 13.4. The highest BCUT2D eigenvalue weighted by molar-refractivity contribution is 6.76. The van der Waals surface area contributed by atoms with Crippen molar-refractivity contribution in [3.05, 3.63) is 119 Å². The monoisotopic (exact) mass is 626 g/mol. The van der Waals surface area contributed by atoms with Gasteiger partial charge in [0, 0.05) is 35.4 Å². The summed E-state index contributed by atoms with van der Waals surface area (Å²) >= 11 is 0. The summed E-state index contributed by atoms with van der Waals surface area (Å²) in [6.07, 6.45) is 1.88. The van der Waals surface area contributed by atoms with E-state index in [1.54, 1.807) is 21.3 Å². The Bertz CT molecular complexity index is 1450. The quantitative estimate of drug-likeness (QED) is 0.0859. The minimum atomic E-state index is -2.61. The predicted octanol–water partition coefficient (Wildman–Crippen LogP) is 8.80. The smallest absolute Gasteiger partial charge is 0.494 e. The molecule has 4 aromatic rings. The molecule has 0 amide bonds. The highest BCUT2D eigenvalue weighted by atomic mass is 28.4. The van der Waals surface area contributed by atoms with E-state index >= 15 is 0 Å². The van der Waals surface area contributed by atoms with Crippen LogP contribution < -0.4 is 9.47 Å². The molecule has 5 nitrogen and oxygen atoms in total. The first-order chi connectivity index (χ1) is 21.3. The molecule has 0 aliphatic heterocycles. The van der Waals surface area contributed by atoms with Crippen molar-refractivity contribution in [1.29, 1.82) is 0 Å². The number of hydrogen-bond donors (Lipinski definition) is 0. The highest BCUT2D eigenvalue weighted by Gasteiger charge is 2.46. The molecule has 5 rings (SSSR count). The van der Waals surface area contributed by atoms with Crippen molar-refractivity contribution in [2.75, 3.05) is 34.5 Å². The van der Waals surface area contributed by atoms with Crippen LogP contribution in [0.25, 0.3) is 11.1 Å². The van der Waals surface area contributed by atoms with Crippen molar-refractivity contribution in [1.82, 2.24) is 0 Å². The topological polar surface area (TPSA) is 46.2 Å². The fourth-order valence-corrected chi connectivity index (χ4v) is 9.35. The third kappa shape index (κ3) is 6.58. The predicted molar refractivity (Wildman–Crippen MR) is 184 cm³/mol. The molecule has 7 heteroatoms. The molecule has 0 fully saturated rings. The van der Waals surface area contributed by atoms with Crippen LogP contribution in [0.3, 0.4) is 0 Å². The van der Waals surface area contributed by atoms with Crippen LogP contribution in [0.2, 0.25) is 31.7 Å². The van der Waals surface area contributed by atoms with Gasteiger partial charge in [0.05, 0.1) is 18.6 Å². The molecular weight excluding hydrogens is 581 g/mol. The zero-order valence-electron chi connectivity index (χ0n) is 27.0. The number of rotatable bonds is 15. The van der Waals surface area contributed by atoms with Crippen molar-refractivity contribution in [3.63, 3.8) is 0 Å². The average Bonchev–Trinajstić information content (AvgIpc) is 3.35. The summed E-state index contributed by atoms with van der Waals surface area (Å²) in [5.74, 6) is 1.76. The lowest BCUT2D eigenvalue weighted by Crippen LogP contribution is -2.42. The molecular formula is C37H46O5Si2. The van der Waals surface area contributed by atoms with Gasteiger partial charge in [-0.05, 0) is 70.5 Å². The van der Waals surface area contributed by atoms with Crippen molar-refractivity contribution in [3.8, 4) is 22.6 Å². The SMILES string of the molecule is CO[Si](CCCOc1ccc(C2(c3ccc(OCCC[Si](C)(C)C)cc3)c3ccccc3-c3ccccc32)cc1)(OC)OC. The average molecular weight is 627 g/mol. The zero-order valence-corrected chi connectivity index (χ0v) is 29.0. The lowest BCUT2D eigenvalue weighted by molar-refractivity contribution is 0.121. The Kier molecular flexibility index (Phi) is 10.1. The molecule has 0 heterocycles. The summed E-state index contributed by atoms with van der Waals surface area (Å²) in [7, 11) is 1.26. The number of fused-ring (bicyclic) bond motifs is 3. The van der Waals surface area contributed by atoms with Gasteiger partial charge >= 0.3 is 8.80 Å². The first-order valence-electron chi connectivity index (χ1n) is 15.6. The molecule has 0 spiro atoms. The van der Waals surface area contributed by atoms with E-state index in [0.29, 0.717) is 12.7 Å². The van der Waals surface area contributed by atoms with E-state index in [1.807, 2.05) is 0 Å². The molecule has 0 saturated heterocycles. The van der Waals surface area contributed by atoms with Gasteiger partial charge < -0.3 is 22.8 Å². The van der Waals surface area contributed by atoms with Gasteiger partial charge in [0.1, 0.15) is 11.5 Å². The first kappa shape index (κ1) is 32.2. The van der Waals surface area contributed by atoms with Gasteiger partial charge in [0.2, 0.25) is 0 Å². The highest BCUT2D eigenvalue weighted by Crippen LogP contribution is 2.56. The maximum absolute atomic E-state index is 6.19. The maximum Gasteiger partial charge on any atom is 0.500 e. The Hall–Kier alpha value is -3.21. The van der Waals surface area contributed by atoms with E-state index < -0.39 is 22.3 Å². The summed E-state index contributed by atoms with van der Waals surface area (Å²) in [5.41, 5.74) is 7.10. The Morgan fingerprint density at radius 3 is 1.34 bits per heavy atom. The van der Waals surface area contributed by atoms with Gasteiger partial charge in [0.25, 0.3) is 0 Å². The second-order valence-corrected chi connectivity index (χ2v) is 21.4. The molecule has 0 radical (unpaired) electrons. The zero-order chi connectivity index (χ0) is 31.2. The molecule has 4 aromatic carbocycles. The van der Waals surface area contributed by atoms with Crippen LogP contribution in [0.1, 0.15) is 35.1 Å². The summed E-state index contributed by atoms with van der Waals surface area (Å²) in [6.45, 7) is 8.55. The maximum atomic E-state index is 6.19. The standard InChI is InChI=1S/C37H46O5Si2/c1-38-44(39-2,40-3)28-12-26-42-32-23-19-30(20-24-32)37(29-17-21-31(22-18-29)41-25-11-27-43(4,5)6)35-15-9-7-13-33(35)34-14-8-10-16-36(34)37/h7-10,13-24H,11-12,25-28H2,1-6H3. The molecule has 0 bridgehead atoms. The van der Waals surface area contributed by atoms with Crippen LogP contribution in [0.15, 0.2) is 97.1 Å². The van der Waals surface area contributed by atoms with Gasteiger partial charge in [-0.3, -0.25) is 0 Å². The van der Waals surface area contributed by atoms with Crippen LogP contribution in [-0.4, -0.2) is 51.4 Å². The van der Waals surface area contributed by atoms with Gasteiger partial charge in [-0.15, -0.1) is 0 Å². The molecule has 44 heavy (non-hydrogen) atoms. The van der Waals surface area contributed by atoms with Crippen LogP contribution in [0.5, 0.6) is 11.5 Å². The fourth-order valence-electron chi connectivity index (χ4n) is 6.45. The Morgan fingerprint density at radius 2 is 0.932 bits per heavy atom. The largest absolute Gasteiger partial charge is 0.500 e. The van der Waals surface area contributed by atoms with Crippen molar-refractivity contribution >= 4 is 16.9 Å². The van der Waals surface area contributed by atoms with Crippen LogP contribution in [0, 0.1) is 0 Å². The second kappa shape index (κ2) is 13.8. The Labute approximate surface area is 265 Å². The van der Waals surface area contributed by atoms with E-state index in [2.05, 4.69) is 117 Å². The summed E-state index contributed by atoms with van der Waals surface area (Å²) < 4.78 is 29.0. The third-order valence-electron chi connectivity index (χ3n) is 8.70. The van der Waals surface area contributed by atoms with Crippen LogP contribution in [0.4, 0.5) is 0 Å². The Morgan fingerprint density at radius 1 is 0.523 bits per heavy atom. The van der Waals surface area contributed by atoms with E-state index in [4.69, 9.17) is 22.8 Å². The Balaban J connectivity index is 1.44. The van der Waals surface area contributed by atoms with E-state index in [9.17, 15) is 0 Å². The van der Waals surface area contributed by atoms with Crippen molar-refractivity contribution in [2.45, 2.75) is 50.0 Å². The molecule has 0 saturated carbocycles. The fraction of sp³-hybridized carbons (Fsp3) is 0.351. The minimum Gasteiger partial charge on any atom is -0.494 e. The summed E-state index contributed by atoms with van der Waals surface area (Å²) in [4.78, 5) is 0. The molecule has 0 atom stereocenters. The van der Waals surface area contributed by atoms with E-state index in [1.165, 1.54) is 39.4 Å². The lowest BCUT2D eigenvalue weighted by Gasteiger charge is -2.34. The number of ether oxygens (including phenoxy) is 2. The van der Waals surface area contributed by atoms with Crippen molar-refractivity contribution < 1.29 is 22.8 Å². The second-order valence-electron chi connectivity index (χ2n) is 12.6. The lowest BCUT2D eigenvalue weighted by atomic mass is 9.68. The van der Waals surface area contributed by atoms with Gasteiger partial charge in [-0.25, -0.2) is 0 Å². The van der Waals surface area contributed by atoms with E-state index in [0.717, 1.165) is 30.9 Å². The van der Waals surface area contributed by atoms with Gasteiger partial charge in [-0.1, -0.05) is 98.5 Å². The summed E-state index contributed by atoms with van der Waals surface area (Å²) in [6, 6.07) is 36.9. The molecule has 0 unspecified atom stereocenters. The molecule has 1 aliphatic rings. The molecule has 232 valence electrons. The number of hydrogen-bond acceptors (Lipinski definition) is 5. The molecule has 0 aromatic heterocycles. The van der Waals surface area contributed by atoms with Gasteiger partial charge in [-0.2, -0.15) is 0 Å². The molecule has 0 N–H and O–H groups in total. The van der Waals surface area contributed by atoms with Crippen molar-refractivity contribution in [2.24, 2.45) is 0 Å².